The lowest BCUT2D eigenvalue weighted by Crippen LogP contribution is -2.47. The molecule has 156 valence electrons. The fourth-order valence-corrected chi connectivity index (χ4v) is 4.46. The van der Waals surface area contributed by atoms with Crippen LogP contribution in [0.5, 0.6) is 5.75 Å². The molecule has 0 saturated heterocycles. The summed E-state index contributed by atoms with van der Waals surface area (Å²) in [6, 6.07) is 11.7. The molecule has 1 aliphatic rings. The summed E-state index contributed by atoms with van der Waals surface area (Å²) in [4.78, 5) is 11.1. The second-order valence-corrected chi connectivity index (χ2v) is 8.47. The van der Waals surface area contributed by atoms with Gasteiger partial charge in [0.25, 0.3) is 0 Å². The Morgan fingerprint density at radius 2 is 1.86 bits per heavy atom. The summed E-state index contributed by atoms with van der Waals surface area (Å²) in [6.45, 7) is 1.66. The number of carboxylic acids is 1. The van der Waals surface area contributed by atoms with Crippen molar-refractivity contribution in [1.82, 2.24) is 4.72 Å². The Morgan fingerprint density at radius 1 is 1.21 bits per heavy atom. The number of hydrogen-bond acceptors (Lipinski definition) is 4. The van der Waals surface area contributed by atoms with Crippen LogP contribution < -0.4 is 9.46 Å². The number of nitrogens with one attached hydrogen (secondary N) is 1. The third-order valence-corrected chi connectivity index (χ3v) is 6.21. The van der Waals surface area contributed by atoms with Crippen LogP contribution in [0.25, 0.3) is 0 Å². The van der Waals surface area contributed by atoms with Gasteiger partial charge in [0.15, 0.2) is 0 Å². The molecule has 0 fully saturated rings. The number of aliphatic carboxylic acids is 1. The van der Waals surface area contributed by atoms with E-state index < -0.39 is 46.7 Å². The summed E-state index contributed by atoms with van der Waals surface area (Å²) >= 11 is 0. The van der Waals surface area contributed by atoms with Gasteiger partial charge in [-0.2, -0.15) is 13.2 Å². The van der Waals surface area contributed by atoms with Crippen LogP contribution in [0.15, 0.2) is 53.4 Å². The molecule has 0 aliphatic carbocycles. The SMILES string of the molecule is CC(NS(=O)(=O)c1ccc2c(c1)CC(C(=O)O)C(C(F)(F)F)O2)c1ccccc1. The molecular weight excluding hydrogens is 411 g/mol. The van der Waals surface area contributed by atoms with Gasteiger partial charge in [0.05, 0.1) is 4.90 Å². The van der Waals surface area contributed by atoms with E-state index in [2.05, 4.69) is 4.72 Å². The van der Waals surface area contributed by atoms with E-state index >= 15 is 0 Å². The molecule has 0 amide bonds. The molecule has 1 heterocycles. The normalized spacial score (nSPS) is 20.4. The Morgan fingerprint density at radius 3 is 2.45 bits per heavy atom. The van der Waals surface area contributed by atoms with Gasteiger partial charge in [-0.15, -0.1) is 0 Å². The van der Waals surface area contributed by atoms with Crippen LogP contribution in [-0.4, -0.2) is 31.8 Å². The van der Waals surface area contributed by atoms with E-state index in [1.54, 1.807) is 37.3 Å². The van der Waals surface area contributed by atoms with Crippen LogP contribution in [0.2, 0.25) is 0 Å². The van der Waals surface area contributed by atoms with Gasteiger partial charge in [-0.3, -0.25) is 4.79 Å². The van der Waals surface area contributed by atoms with Crippen molar-refractivity contribution in [3.63, 3.8) is 0 Å². The lowest BCUT2D eigenvalue weighted by molar-refractivity contribution is -0.217. The number of rotatable bonds is 5. The van der Waals surface area contributed by atoms with Crippen LogP contribution in [0, 0.1) is 5.92 Å². The maximum absolute atomic E-state index is 13.1. The molecule has 6 nitrogen and oxygen atoms in total. The first-order valence-electron chi connectivity index (χ1n) is 8.65. The molecule has 2 N–H and O–H groups in total. The van der Waals surface area contributed by atoms with E-state index in [0.717, 1.165) is 23.8 Å². The second-order valence-electron chi connectivity index (χ2n) is 6.75. The van der Waals surface area contributed by atoms with Gasteiger partial charge in [0, 0.05) is 6.04 Å². The quantitative estimate of drug-likeness (QED) is 0.761. The van der Waals surface area contributed by atoms with Crippen LogP contribution in [-0.2, 0) is 21.2 Å². The summed E-state index contributed by atoms with van der Waals surface area (Å²) in [6.07, 6.45) is -7.85. The fraction of sp³-hybridized carbons (Fsp3) is 0.316. The van der Waals surface area contributed by atoms with Crippen molar-refractivity contribution in [3.05, 3.63) is 59.7 Å². The molecule has 0 bridgehead atoms. The number of hydrogen-bond donors (Lipinski definition) is 2. The molecule has 0 saturated carbocycles. The number of sulfonamides is 1. The highest BCUT2D eigenvalue weighted by molar-refractivity contribution is 7.89. The fourth-order valence-electron chi connectivity index (χ4n) is 3.18. The Kier molecular flexibility index (Phi) is 5.59. The lowest BCUT2D eigenvalue weighted by Gasteiger charge is -2.32. The Bertz CT molecular complexity index is 1010. The summed E-state index contributed by atoms with van der Waals surface area (Å²) in [5.74, 6) is -3.71. The summed E-state index contributed by atoms with van der Waals surface area (Å²) in [5.41, 5.74) is 0.824. The highest BCUT2D eigenvalue weighted by atomic mass is 32.2. The first kappa shape index (κ1) is 21.1. The highest BCUT2D eigenvalue weighted by Gasteiger charge is 2.52. The minimum atomic E-state index is -4.86. The zero-order valence-electron chi connectivity index (χ0n) is 15.2. The van der Waals surface area contributed by atoms with Crippen LogP contribution >= 0.6 is 0 Å². The minimum Gasteiger partial charge on any atom is -0.481 e. The smallest absolute Gasteiger partial charge is 0.426 e. The van der Waals surface area contributed by atoms with Crippen LogP contribution in [0.4, 0.5) is 13.2 Å². The van der Waals surface area contributed by atoms with Gasteiger partial charge in [0.1, 0.15) is 11.7 Å². The lowest BCUT2D eigenvalue weighted by atomic mass is 9.90. The predicted octanol–water partition coefficient (Wildman–Crippen LogP) is 3.29. The van der Waals surface area contributed by atoms with E-state index in [-0.39, 0.29) is 16.2 Å². The van der Waals surface area contributed by atoms with Gasteiger partial charge in [-0.05, 0) is 42.7 Å². The number of ether oxygens (including phenoxy) is 1. The van der Waals surface area contributed by atoms with E-state index in [4.69, 9.17) is 9.84 Å². The Labute approximate surface area is 165 Å². The van der Waals surface area contributed by atoms with Gasteiger partial charge in [0.2, 0.25) is 16.1 Å². The summed E-state index contributed by atoms with van der Waals surface area (Å²) < 4.78 is 72.1. The van der Waals surface area contributed by atoms with Crippen LogP contribution in [0.1, 0.15) is 24.1 Å². The molecule has 29 heavy (non-hydrogen) atoms. The molecule has 3 unspecified atom stereocenters. The predicted molar refractivity (Wildman–Crippen MR) is 96.9 cm³/mol. The number of benzene rings is 2. The molecule has 3 rings (SSSR count). The second kappa shape index (κ2) is 7.68. The first-order valence-corrected chi connectivity index (χ1v) is 10.1. The third kappa shape index (κ3) is 4.54. The molecule has 2 aromatic carbocycles. The molecular formula is C19H18F3NO5S. The Balaban J connectivity index is 1.89. The van der Waals surface area contributed by atoms with E-state index in [1.165, 1.54) is 0 Å². The van der Waals surface area contributed by atoms with E-state index in [1.807, 2.05) is 0 Å². The van der Waals surface area contributed by atoms with Crippen molar-refractivity contribution in [1.29, 1.82) is 0 Å². The zero-order chi connectivity index (χ0) is 21.4. The molecule has 3 atom stereocenters. The number of carboxylic acid groups (broad SMARTS) is 1. The van der Waals surface area contributed by atoms with E-state index in [9.17, 15) is 26.4 Å². The van der Waals surface area contributed by atoms with Crippen molar-refractivity contribution >= 4 is 16.0 Å². The molecule has 0 aromatic heterocycles. The van der Waals surface area contributed by atoms with Gasteiger partial charge in [-0.25, -0.2) is 13.1 Å². The molecule has 0 spiro atoms. The topological polar surface area (TPSA) is 92.7 Å². The number of carbonyl (C=O) groups is 1. The monoisotopic (exact) mass is 429 g/mol. The van der Waals surface area contributed by atoms with Crippen LogP contribution in [0.3, 0.4) is 0 Å². The number of fused-ring (bicyclic) bond motifs is 1. The standard InChI is InChI=1S/C19H18F3NO5S/c1-11(12-5-3-2-4-6-12)23-29(26,27)14-7-8-16-13(9-14)10-15(18(24)25)17(28-16)19(20,21)22/h2-9,11,15,17,23H,10H2,1H3,(H,24,25). The van der Waals surface area contributed by atoms with Crippen molar-refractivity contribution < 1.29 is 36.2 Å². The number of alkyl halides is 3. The maximum Gasteiger partial charge on any atom is 0.426 e. The zero-order valence-corrected chi connectivity index (χ0v) is 16.0. The average molecular weight is 429 g/mol. The molecule has 0 radical (unpaired) electrons. The third-order valence-electron chi connectivity index (χ3n) is 4.67. The average Bonchev–Trinajstić information content (AvgIpc) is 2.66. The van der Waals surface area contributed by atoms with Crippen molar-refractivity contribution in [2.75, 3.05) is 0 Å². The molecule has 10 heteroatoms. The van der Waals surface area contributed by atoms with Crippen molar-refractivity contribution in [2.45, 2.75) is 36.6 Å². The van der Waals surface area contributed by atoms with Crippen molar-refractivity contribution in [3.8, 4) is 5.75 Å². The Hall–Kier alpha value is -2.59. The highest BCUT2D eigenvalue weighted by Crippen LogP contribution is 2.39. The largest absolute Gasteiger partial charge is 0.481 e. The van der Waals surface area contributed by atoms with Gasteiger partial charge in [-0.1, -0.05) is 30.3 Å². The summed E-state index contributed by atoms with van der Waals surface area (Å²) in [7, 11) is -4.00. The van der Waals surface area contributed by atoms with Gasteiger partial charge < -0.3 is 9.84 Å². The summed E-state index contributed by atoms with van der Waals surface area (Å²) in [5, 5.41) is 9.16. The van der Waals surface area contributed by atoms with E-state index in [0.29, 0.717) is 0 Å². The molecule has 2 aromatic rings. The van der Waals surface area contributed by atoms with Crippen molar-refractivity contribution in [2.24, 2.45) is 5.92 Å². The number of halogens is 3. The first-order chi connectivity index (χ1) is 13.5. The maximum atomic E-state index is 13.1. The van der Waals surface area contributed by atoms with Gasteiger partial charge >= 0.3 is 12.1 Å². The minimum absolute atomic E-state index is 0.0909. The molecule has 1 aliphatic heterocycles.